The number of hydrogen-bond acceptors (Lipinski definition) is 14. The van der Waals surface area contributed by atoms with Crippen LogP contribution in [-0.2, 0) is 14.4 Å². The van der Waals surface area contributed by atoms with E-state index in [1.54, 1.807) is 29.5 Å². The Balaban J connectivity index is 0.790. The lowest BCUT2D eigenvalue weighted by molar-refractivity contribution is -0.144. The van der Waals surface area contributed by atoms with E-state index in [2.05, 4.69) is 41.9 Å². The van der Waals surface area contributed by atoms with Crippen LogP contribution in [0.2, 0.25) is 0 Å². The fraction of sp³-hybridized carbons (Fsp3) is 0.420. The van der Waals surface area contributed by atoms with Crippen LogP contribution in [0.1, 0.15) is 95.1 Å². The fourth-order valence-corrected chi connectivity index (χ4v) is 10.4. The van der Waals surface area contributed by atoms with Gasteiger partial charge in [0.15, 0.2) is 11.3 Å². The molecule has 3 aliphatic rings. The first-order valence-corrected chi connectivity index (χ1v) is 24.2. The van der Waals surface area contributed by atoms with Gasteiger partial charge in [-0.25, -0.2) is 15.0 Å². The van der Waals surface area contributed by atoms with E-state index >= 15 is 0 Å². The molecule has 1 aliphatic carbocycles. The lowest BCUT2D eigenvalue weighted by Crippen LogP contribution is -2.58. The number of allylic oxidation sites excluding steroid dienone is 2. The Kier molecular flexibility index (Phi) is 13.0. The third kappa shape index (κ3) is 9.51. The van der Waals surface area contributed by atoms with E-state index in [-0.39, 0.29) is 54.4 Å². The van der Waals surface area contributed by atoms with Crippen LogP contribution in [-0.4, -0.2) is 106 Å². The molecule has 1 unspecified atom stereocenters. The minimum atomic E-state index is -0.915. The summed E-state index contributed by atoms with van der Waals surface area (Å²) in [6.07, 6.45) is 8.27. The monoisotopic (exact) mass is 938 g/mol. The predicted molar refractivity (Wildman–Crippen MR) is 261 cm³/mol. The number of fused-ring (bicyclic) bond motifs is 1. The van der Waals surface area contributed by atoms with Crippen LogP contribution in [0.3, 0.4) is 0 Å². The lowest BCUT2D eigenvalue weighted by Gasteiger charge is -2.36. The second kappa shape index (κ2) is 19.1. The largest absolute Gasteiger partial charge is 0.507 e. The summed E-state index contributed by atoms with van der Waals surface area (Å²) in [5.74, 6) is -0.223. The summed E-state index contributed by atoms with van der Waals surface area (Å²) < 4.78 is 1.93. The fourth-order valence-electron chi connectivity index (χ4n) is 9.63. The molecular weight excluding hydrogens is 881 g/mol. The number of carbonyl (C=O) groups excluding carboxylic acids is 3. The number of hydrogen-bond donors (Lipinski definition) is 5. The van der Waals surface area contributed by atoms with Crippen LogP contribution >= 0.6 is 11.3 Å². The van der Waals surface area contributed by atoms with Crippen molar-refractivity contribution in [2.45, 2.75) is 103 Å². The van der Waals surface area contributed by atoms with E-state index in [0.717, 1.165) is 51.2 Å². The normalized spacial score (nSPS) is 20.0. The summed E-state index contributed by atoms with van der Waals surface area (Å²) in [4.78, 5) is 60.6. The third-order valence-electron chi connectivity index (χ3n) is 13.6. The quantitative estimate of drug-likeness (QED) is 0.0949. The Morgan fingerprint density at radius 3 is 2.32 bits per heavy atom. The Morgan fingerprint density at radius 1 is 0.926 bits per heavy atom. The van der Waals surface area contributed by atoms with Crippen molar-refractivity contribution >= 4 is 57.4 Å². The van der Waals surface area contributed by atoms with E-state index in [0.29, 0.717) is 60.9 Å². The molecule has 2 fully saturated rings. The van der Waals surface area contributed by atoms with Gasteiger partial charge < -0.3 is 36.4 Å². The van der Waals surface area contributed by atoms with Crippen LogP contribution in [0, 0.1) is 18.3 Å². The van der Waals surface area contributed by atoms with Crippen molar-refractivity contribution in [1.82, 2.24) is 50.5 Å². The second-order valence-corrected chi connectivity index (χ2v) is 20.2. The number of nitrogen functional groups attached to an aromatic ring is 1. The second-order valence-electron chi connectivity index (χ2n) is 19.3. The minimum absolute atomic E-state index is 0.00315. The first kappa shape index (κ1) is 46.3. The zero-order valence-corrected chi connectivity index (χ0v) is 39.8. The van der Waals surface area contributed by atoms with Crippen molar-refractivity contribution in [3.63, 3.8) is 0 Å². The number of benzene rings is 2. The van der Waals surface area contributed by atoms with Gasteiger partial charge in [0.1, 0.15) is 17.8 Å². The number of thiazole rings is 1. The Hall–Kier alpha value is -6.79. The van der Waals surface area contributed by atoms with Gasteiger partial charge in [0.25, 0.3) is 0 Å². The van der Waals surface area contributed by atoms with Crippen molar-refractivity contribution in [2.75, 3.05) is 30.3 Å². The molecule has 0 saturated carbocycles. The van der Waals surface area contributed by atoms with Crippen molar-refractivity contribution in [2.24, 2.45) is 11.3 Å². The van der Waals surface area contributed by atoms with Gasteiger partial charge in [0, 0.05) is 55.5 Å². The number of aryl methyl sites for hydroxylation is 1. The molecule has 68 heavy (non-hydrogen) atoms. The Labute approximate surface area is 398 Å². The summed E-state index contributed by atoms with van der Waals surface area (Å²) in [6.45, 7) is 11.0. The Morgan fingerprint density at radius 2 is 1.66 bits per heavy atom. The van der Waals surface area contributed by atoms with Gasteiger partial charge in [0.2, 0.25) is 23.7 Å². The molecule has 2 saturated heterocycles. The summed E-state index contributed by atoms with van der Waals surface area (Å²) in [6, 6.07) is 14.8. The van der Waals surface area contributed by atoms with Gasteiger partial charge in [-0.1, -0.05) is 63.2 Å². The first-order valence-electron chi connectivity index (χ1n) is 23.3. The highest BCUT2D eigenvalue weighted by molar-refractivity contribution is 7.13. The molecule has 4 aromatic heterocycles. The van der Waals surface area contributed by atoms with E-state index in [4.69, 9.17) is 15.7 Å². The number of β-amino-alcohol motifs (C(OH)–C–C–N with tert-alkyl or cyclic N) is 1. The van der Waals surface area contributed by atoms with Gasteiger partial charge in [-0.05, 0) is 86.3 Å². The molecule has 17 nitrogen and oxygen atoms in total. The van der Waals surface area contributed by atoms with Crippen LogP contribution in [0.4, 0.5) is 11.8 Å². The molecular formula is C50H58N12O5S. The Bertz CT molecular complexity index is 2850. The average molecular weight is 939 g/mol. The summed E-state index contributed by atoms with van der Waals surface area (Å²) >= 11 is 1.58. The van der Waals surface area contributed by atoms with Crippen molar-refractivity contribution in [3.8, 4) is 27.4 Å². The zero-order valence-electron chi connectivity index (χ0n) is 39.0. The number of aromatic hydroxyl groups is 1. The number of nitrogens with one attached hydrogen (secondary N) is 2. The first-order chi connectivity index (χ1) is 32.6. The van der Waals surface area contributed by atoms with E-state index in [1.165, 1.54) is 4.90 Å². The highest BCUT2D eigenvalue weighted by Crippen LogP contribution is 2.36. The summed E-state index contributed by atoms with van der Waals surface area (Å²) in [5.41, 5.74) is 14.7. The number of nitrogens with zero attached hydrogens (tertiary/aromatic N) is 9. The number of phenols is 1. The topological polar surface area (TPSA) is 230 Å². The number of aliphatic hydroxyl groups excluding tert-OH is 1. The van der Waals surface area contributed by atoms with E-state index in [9.17, 15) is 24.6 Å². The maximum atomic E-state index is 14.3. The number of likely N-dealkylation sites (tertiary alicyclic amines) is 1. The van der Waals surface area contributed by atoms with Crippen LogP contribution in [0.25, 0.3) is 38.3 Å². The van der Waals surface area contributed by atoms with Crippen molar-refractivity contribution < 1.29 is 24.6 Å². The highest BCUT2D eigenvalue weighted by atomic mass is 32.1. The van der Waals surface area contributed by atoms with Gasteiger partial charge in [-0.3, -0.25) is 19.1 Å². The van der Waals surface area contributed by atoms with Gasteiger partial charge in [0.05, 0.1) is 45.5 Å². The maximum absolute atomic E-state index is 14.3. The van der Waals surface area contributed by atoms with E-state index in [1.807, 2.05) is 93.6 Å². The third-order valence-corrected chi connectivity index (χ3v) is 14.6. The summed E-state index contributed by atoms with van der Waals surface area (Å²) in [5, 5.41) is 40.6. The molecule has 0 radical (unpaired) electrons. The number of aliphatic hydroxyl groups is 1. The molecule has 354 valence electrons. The van der Waals surface area contributed by atoms with Crippen LogP contribution in [0.15, 0.2) is 78.6 Å². The molecule has 2 aliphatic heterocycles. The molecule has 6 N–H and O–H groups in total. The number of aromatic nitrogens is 7. The lowest BCUT2D eigenvalue weighted by atomic mass is 9.83. The smallest absolute Gasteiger partial charge is 0.246 e. The zero-order chi connectivity index (χ0) is 47.9. The number of phenolic OH excluding ortho intramolecular Hbond substituents is 1. The number of carbonyl (C=O) groups is 3. The van der Waals surface area contributed by atoms with Gasteiger partial charge in [-0.2, -0.15) is 5.10 Å². The van der Waals surface area contributed by atoms with E-state index < -0.39 is 23.6 Å². The van der Waals surface area contributed by atoms with Crippen LogP contribution in [0.5, 0.6) is 5.75 Å². The molecule has 5 atom stereocenters. The van der Waals surface area contributed by atoms with Gasteiger partial charge in [-0.15, -0.1) is 21.5 Å². The number of amides is 3. The number of piperidine rings is 1. The predicted octanol–water partition coefficient (Wildman–Crippen LogP) is 6.40. The van der Waals surface area contributed by atoms with Crippen molar-refractivity contribution in [1.29, 1.82) is 0 Å². The average Bonchev–Trinajstić information content (AvgIpc) is 4.06. The molecule has 3 amide bonds. The van der Waals surface area contributed by atoms with Crippen molar-refractivity contribution in [3.05, 3.63) is 95.4 Å². The SMILES string of the molecule is Cc1ncsc1-c1ccc([C@H](C)NC(=O)[C@@H]2C[C@@H](O)CN2C(=O)[C@@H](NC(=O)C2CC=C(c3cnc(N4CCC(n5nc(N)c6nnc(-c7ccccc7O)cc65)CC4)nc3)CC2)C(C)(C)C)cc1. The maximum Gasteiger partial charge on any atom is 0.246 e. The molecule has 6 heterocycles. The number of anilines is 2. The standard InChI is InChI=1S/C50H58N12O5S/c1-28(30-10-14-32(15-11-30)43-29(2)54-27-68-43)55-47(66)40-22-36(63)26-61(40)48(67)44(50(3,4)5)56-46(65)33-16-12-31(13-17-33)34-24-52-49(53-25-34)60-20-18-35(19-21-60)62-39-23-38(37-8-6-7-9-41(37)64)57-58-42(39)45(51)59-62/h6-12,14-15,23-25,27-28,33,35-36,40,44,63-64H,13,16-22,26H2,1-5H3,(H2,51,59)(H,55,66)(H,56,65)/t28-,33?,36+,40-,44+/m0/s1. The molecule has 18 heteroatoms. The molecule has 6 aromatic rings. The molecule has 0 bridgehead atoms. The van der Waals surface area contributed by atoms with Gasteiger partial charge >= 0.3 is 0 Å². The molecule has 0 spiro atoms. The molecule has 9 rings (SSSR count). The summed E-state index contributed by atoms with van der Waals surface area (Å²) in [7, 11) is 0. The highest BCUT2D eigenvalue weighted by Gasteiger charge is 2.45. The minimum Gasteiger partial charge on any atom is -0.507 e. The van der Waals surface area contributed by atoms with Crippen LogP contribution < -0.4 is 21.3 Å². The number of para-hydroxylation sites is 1. The molecule has 2 aromatic carbocycles. The number of nitrogens with two attached hydrogens (primary N) is 1. The number of rotatable bonds is 11.